The van der Waals surface area contributed by atoms with Crippen LogP contribution in [0.2, 0.25) is 0 Å². The van der Waals surface area contributed by atoms with Crippen LogP contribution < -0.4 is 4.74 Å². The zero-order valence-electron chi connectivity index (χ0n) is 8.13. The number of benzene rings is 1. The summed E-state index contributed by atoms with van der Waals surface area (Å²) < 4.78 is 5.59. The fourth-order valence-corrected chi connectivity index (χ4v) is 1.64. The molecule has 0 radical (unpaired) electrons. The van der Waals surface area contributed by atoms with Gasteiger partial charge in [0.15, 0.2) is 0 Å². The first kappa shape index (κ1) is 8.36. The lowest BCUT2D eigenvalue weighted by atomic mass is 9.91. The number of aryl methyl sites for hydroxylation is 1. The van der Waals surface area contributed by atoms with Gasteiger partial charge in [0.25, 0.3) is 0 Å². The van der Waals surface area contributed by atoms with Crippen LogP contribution in [0, 0.1) is 6.92 Å². The van der Waals surface area contributed by atoms with Crippen LogP contribution in [0.3, 0.4) is 0 Å². The molecule has 0 spiro atoms. The van der Waals surface area contributed by atoms with Gasteiger partial charge >= 0.3 is 0 Å². The van der Waals surface area contributed by atoms with E-state index in [1.165, 1.54) is 11.1 Å². The molecule has 1 aromatic rings. The van der Waals surface area contributed by atoms with Crippen molar-refractivity contribution in [2.45, 2.75) is 19.8 Å². The summed E-state index contributed by atoms with van der Waals surface area (Å²) in [6, 6.07) is 6.36. The number of ether oxygens (including phenoxy) is 1. The maximum absolute atomic E-state index is 5.59. The standard InChI is InChI=1S/C12H14O/c1-8-4-5-11-10(3)9(2)7-13-12(11)6-8/h4-6,10H,2,7H2,1,3H3. The Hall–Kier alpha value is -1.24. The normalized spacial score (nSPS) is 20.8. The molecule has 1 nitrogen and oxygen atoms in total. The zero-order valence-corrected chi connectivity index (χ0v) is 8.13. The molecule has 0 saturated heterocycles. The molecule has 0 fully saturated rings. The highest BCUT2D eigenvalue weighted by atomic mass is 16.5. The molecule has 1 aliphatic heterocycles. The molecule has 0 saturated carbocycles. The third-order valence-electron chi connectivity index (χ3n) is 2.66. The third-order valence-corrected chi connectivity index (χ3v) is 2.66. The van der Waals surface area contributed by atoms with Crippen molar-refractivity contribution in [2.75, 3.05) is 6.61 Å². The van der Waals surface area contributed by atoms with E-state index >= 15 is 0 Å². The van der Waals surface area contributed by atoms with Gasteiger partial charge in [-0.15, -0.1) is 0 Å². The van der Waals surface area contributed by atoms with Crippen LogP contribution in [0.25, 0.3) is 0 Å². The van der Waals surface area contributed by atoms with E-state index in [-0.39, 0.29) is 0 Å². The van der Waals surface area contributed by atoms with Gasteiger partial charge in [0.2, 0.25) is 0 Å². The molecule has 13 heavy (non-hydrogen) atoms. The molecule has 0 aliphatic carbocycles. The van der Waals surface area contributed by atoms with Gasteiger partial charge in [-0.05, 0) is 24.1 Å². The Balaban J connectivity index is 2.49. The molecule has 0 amide bonds. The van der Waals surface area contributed by atoms with Crippen LogP contribution in [0.15, 0.2) is 30.4 Å². The highest BCUT2D eigenvalue weighted by Gasteiger charge is 2.19. The van der Waals surface area contributed by atoms with Crippen molar-refractivity contribution in [3.8, 4) is 5.75 Å². The van der Waals surface area contributed by atoms with E-state index in [2.05, 4.69) is 38.6 Å². The summed E-state index contributed by atoms with van der Waals surface area (Å²) in [4.78, 5) is 0. The van der Waals surface area contributed by atoms with Crippen molar-refractivity contribution in [3.63, 3.8) is 0 Å². The summed E-state index contributed by atoms with van der Waals surface area (Å²) in [5.74, 6) is 1.46. The Morgan fingerprint density at radius 1 is 1.46 bits per heavy atom. The van der Waals surface area contributed by atoms with Gasteiger partial charge in [-0.2, -0.15) is 0 Å². The van der Waals surface area contributed by atoms with Crippen molar-refractivity contribution in [1.29, 1.82) is 0 Å². The van der Waals surface area contributed by atoms with E-state index < -0.39 is 0 Å². The van der Waals surface area contributed by atoms with Crippen LogP contribution in [0.4, 0.5) is 0 Å². The lowest BCUT2D eigenvalue weighted by molar-refractivity contribution is 0.322. The molecule has 0 bridgehead atoms. The zero-order chi connectivity index (χ0) is 9.42. The lowest BCUT2D eigenvalue weighted by Crippen LogP contribution is -2.14. The van der Waals surface area contributed by atoms with Crippen LogP contribution in [0.5, 0.6) is 5.75 Å². The summed E-state index contributed by atoms with van der Waals surface area (Å²) in [5.41, 5.74) is 3.68. The van der Waals surface area contributed by atoms with Crippen molar-refractivity contribution in [1.82, 2.24) is 0 Å². The molecular formula is C12H14O. The van der Waals surface area contributed by atoms with Gasteiger partial charge in [0.05, 0.1) is 0 Å². The fourth-order valence-electron chi connectivity index (χ4n) is 1.64. The summed E-state index contributed by atoms with van der Waals surface area (Å²) in [6.45, 7) is 8.92. The smallest absolute Gasteiger partial charge is 0.123 e. The average molecular weight is 174 g/mol. The predicted octanol–water partition coefficient (Wildman–Crippen LogP) is 3.05. The molecular weight excluding hydrogens is 160 g/mol. The molecule has 2 rings (SSSR count). The van der Waals surface area contributed by atoms with Crippen molar-refractivity contribution < 1.29 is 4.74 Å². The maximum atomic E-state index is 5.59. The second-order valence-electron chi connectivity index (χ2n) is 3.71. The van der Waals surface area contributed by atoms with E-state index in [4.69, 9.17) is 4.74 Å². The Morgan fingerprint density at radius 3 is 3.00 bits per heavy atom. The number of fused-ring (bicyclic) bond motifs is 1. The minimum Gasteiger partial charge on any atom is -0.489 e. The Morgan fingerprint density at radius 2 is 2.23 bits per heavy atom. The van der Waals surface area contributed by atoms with Crippen LogP contribution in [0.1, 0.15) is 24.0 Å². The van der Waals surface area contributed by atoms with Crippen LogP contribution in [-0.4, -0.2) is 6.61 Å². The Bertz CT molecular complexity index is 352. The molecule has 1 unspecified atom stereocenters. The summed E-state index contributed by atoms with van der Waals surface area (Å²) in [6.07, 6.45) is 0. The van der Waals surface area contributed by atoms with E-state index in [9.17, 15) is 0 Å². The first-order chi connectivity index (χ1) is 6.18. The summed E-state index contributed by atoms with van der Waals surface area (Å²) >= 11 is 0. The SMILES string of the molecule is C=C1COc2cc(C)ccc2C1C. The second-order valence-corrected chi connectivity index (χ2v) is 3.71. The monoisotopic (exact) mass is 174 g/mol. The second kappa shape index (κ2) is 2.91. The predicted molar refractivity (Wildman–Crippen MR) is 54.2 cm³/mol. The van der Waals surface area contributed by atoms with E-state index in [1.807, 2.05) is 0 Å². The Kier molecular flexibility index (Phi) is 1.87. The van der Waals surface area contributed by atoms with Gasteiger partial charge in [-0.1, -0.05) is 25.6 Å². The minimum absolute atomic E-state index is 0.435. The molecule has 1 atom stereocenters. The first-order valence-electron chi connectivity index (χ1n) is 4.59. The van der Waals surface area contributed by atoms with E-state index in [1.54, 1.807) is 0 Å². The maximum Gasteiger partial charge on any atom is 0.123 e. The van der Waals surface area contributed by atoms with Gasteiger partial charge in [0.1, 0.15) is 12.4 Å². The van der Waals surface area contributed by atoms with Crippen molar-refractivity contribution in [2.24, 2.45) is 0 Å². The van der Waals surface area contributed by atoms with Gasteiger partial charge in [-0.3, -0.25) is 0 Å². The highest BCUT2D eigenvalue weighted by molar-refractivity contribution is 5.44. The molecule has 68 valence electrons. The largest absolute Gasteiger partial charge is 0.489 e. The third kappa shape index (κ3) is 1.35. The lowest BCUT2D eigenvalue weighted by Gasteiger charge is -2.25. The van der Waals surface area contributed by atoms with Crippen LogP contribution >= 0.6 is 0 Å². The minimum atomic E-state index is 0.435. The highest BCUT2D eigenvalue weighted by Crippen LogP contribution is 2.35. The van der Waals surface area contributed by atoms with Crippen molar-refractivity contribution in [3.05, 3.63) is 41.5 Å². The van der Waals surface area contributed by atoms with E-state index in [0.29, 0.717) is 12.5 Å². The average Bonchev–Trinajstić information content (AvgIpc) is 2.12. The van der Waals surface area contributed by atoms with Crippen molar-refractivity contribution >= 4 is 0 Å². The first-order valence-corrected chi connectivity index (χ1v) is 4.59. The number of hydrogen-bond donors (Lipinski definition) is 0. The quantitative estimate of drug-likeness (QED) is 0.549. The molecule has 1 heterocycles. The van der Waals surface area contributed by atoms with Crippen LogP contribution in [-0.2, 0) is 0 Å². The summed E-state index contributed by atoms with van der Waals surface area (Å²) in [7, 11) is 0. The molecule has 0 N–H and O–H groups in total. The molecule has 1 aliphatic rings. The molecule has 1 aromatic carbocycles. The fraction of sp³-hybridized carbons (Fsp3) is 0.333. The number of hydrogen-bond acceptors (Lipinski definition) is 1. The topological polar surface area (TPSA) is 9.23 Å². The number of rotatable bonds is 0. The van der Waals surface area contributed by atoms with Gasteiger partial charge < -0.3 is 4.74 Å². The van der Waals surface area contributed by atoms with Gasteiger partial charge in [0, 0.05) is 11.5 Å². The molecule has 1 heteroatoms. The molecule has 0 aromatic heterocycles. The summed E-state index contributed by atoms with van der Waals surface area (Å²) in [5, 5.41) is 0. The Labute approximate surface area is 79.0 Å². The van der Waals surface area contributed by atoms with Gasteiger partial charge in [-0.25, -0.2) is 0 Å². The van der Waals surface area contributed by atoms with E-state index in [0.717, 1.165) is 11.3 Å².